The van der Waals surface area contributed by atoms with Crippen LogP contribution in [-0.4, -0.2) is 20.9 Å². The van der Waals surface area contributed by atoms with Crippen LogP contribution in [0.4, 0.5) is 11.4 Å². The molecule has 7 heteroatoms. The molecule has 0 unspecified atom stereocenters. The van der Waals surface area contributed by atoms with Crippen LogP contribution in [0.2, 0.25) is 5.02 Å². The second-order valence-corrected chi connectivity index (χ2v) is 9.55. The van der Waals surface area contributed by atoms with Gasteiger partial charge in [-0.05, 0) is 79.4 Å². The molecule has 3 aromatic carbocycles. The summed E-state index contributed by atoms with van der Waals surface area (Å²) in [6.07, 6.45) is 1.40. The number of amides is 1. The van der Waals surface area contributed by atoms with Crippen molar-refractivity contribution >= 4 is 38.9 Å². The van der Waals surface area contributed by atoms with Gasteiger partial charge in [-0.2, -0.15) is 0 Å². The fourth-order valence-electron chi connectivity index (χ4n) is 3.59. The minimum atomic E-state index is -3.71. The molecular weight excluding hydrogens is 420 g/mol. The molecule has 0 aromatic heterocycles. The molecule has 0 fully saturated rings. The standard InChI is InChI=1S/C23H21ClN2O3S/c1-16-5-2-3-7-21(16)25-23(27)18-8-13-22-17(15-18)6-4-14-26(22)30(28,29)20-11-9-19(24)10-12-20/h2-3,5,7-13,15H,4,6,14H2,1H3,(H,25,27). The lowest BCUT2D eigenvalue weighted by Gasteiger charge is -2.30. The highest BCUT2D eigenvalue weighted by atomic mass is 35.5. The summed E-state index contributed by atoms with van der Waals surface area (Å²) in [4.78, 5) is 12.9. The number of anilines is 2. The van der Waals surface area contributed by atoms with E-state index in [0.29, 0.717) is 35.7 Å². The minimum Gasteiger partial charge on any atom is -0.322 e. The number of sulfonamides is 1. The molecule has 0 bridgehead atoms. The van der Waals surface area contributed by atoms with Gasteiger partial charge in [-0.15, -0.1) is 0 Å². The van der Waals surface area contributed by atoms with Crippen LogP contribution in [0.3, 0.4) is 0 Å². The van der Waals surface area contributed by atoms with E-state index in [1.54, 1.807) is 30.3 Å². The Hall–Kier alpha value is -2.83. The summed E-state index contributed by atoms with van der Waals surface area (Å²) in [5.41, 5.74) is 3.69. The number of carbonyl (C=O) groups excluding carboxylic acids is 1. The average Bonchev–Trinajstić information content (AvgIpc) is 2.74. The number of benzene rings is 3. The smallest absolute Gasteiger partial charge is 0.264 e. The van der Waals surface area contributed by atoms with Crippen molar-refractivity contribution in [1.29, 1.82) is 0 Å². The summed E-state index contributed by atoms with van der Waals surface area (Å²) in [6.45, 7) is 2.33. The highest BCUT2D eigenvalue weighted by Gasteiger charge is 2.29. The van der Waals surface area contributed by atoms with Gasteiger partial charge in [0.1, 0.15) is 0 Å². The van der Waals surface area contributed by atoms with Crippen LogP contribution in [0.1, 0.15) is 27.9 Å². The molecule has 1 amide bonds. The molecule has 0 atom stereocenters. The largest absolute Gasteiger partial charge is 0.322 e. The molecule has 0 spiro atoms. The Labute approximate surface area is 181 Å². The quantitative estimate of drug-likeness (QED) is 0.617. The Bertz CT molecular complexity index is 1210. The van der Waals surface area contributed by atoms with Crippen molar-refractivity contribution in [2.24, 2.45) is 0 Å². The van der Waals surface area contributed by atoms with Gasteiger partial charge in [0, 0.05) is 22.8 Å². The van der Waals surface area contributed by atoms with Crippen LogP contribution in [0, 0.1) is 6.92 Å². The first-order chi connectivity index (χ1) is 14.4. The zero-order valence-electron chi connectivity index (χ0n) is 16.4. The van der Waals surface area contributed by atoms with Crippen molar-refractivity contribution < 1.29 is 13.2 Å². The van der Waals surface area contributed by atoms with Gasteiger partial charge in [-0.3, -0.25) is 9.10 Å². The lowest BCUT2D eigenvalue weighted by molar-refractivity contribution is 0.102. The number of carbonyl (C=O) groups is 1. The van der Waals surface area contributed by atoms with Gasteiger partial charge >= 0.3 is 0 Å². The van der Waals surface area contributed by atoms with Crippen LogP contribution in [0.5, 0.6) is 0 Å². The van der Waals surface area contributed by atoms with Crippen LogP contribution in [-0.2, 0) is 16.4 Å². The van der Waals surface area contributed by atoms with Gasteiger partial charge in [0.25, 0.3) is 15.9 Å². The summed E-state index contributed by atoms with van der Waals surface area (Å²) >= 11 is 5.90. The average molecular weight is 441 g/mol. The third-order valence-corrected chi connectivity index (χ3v) is 7.29. The van der Waals surface area contributed by atoms with Crippen molar-refractivity contribution in [1.82, 2.24) is 0 Å². The van der Waals surface area contributed by atoms with E-state index in [9.17, 15) is 13.2 Å². The third kappa shape index (κ3) is 3.93. The van der Waals surface area contributed by atoms with Gasteiger partial charge in [0.2, 0.25) is 0 Å². The molecule has 0 saturated carbocycles. The first-order valence-electron chi connectivity index (χ1n) is 9.64. The van der Waals surface area contributed by atoms with E-state index in [4.69, 9.17) is 11.6 Å². The van der Waals surface area contributed by atoms with E-state index in [0.717, 1.165) is 16.8 Å². The lowest BCUT2D eigenvalue weighted by Crippen LogP contribution is -2.35. The van der Waals surface area contributed by atoms with E-state index in [1.165, 1.54) is 16.4 Å². The van der Waals surface area contributed by atoms with Crippen molar-refractivity contribution in [3.05, 3.63) is 88.4 Å². The van der Waals surface area contributed by atoms with E-state index >= 15 is 0 Å². The molecule has 3 aromatic rings. The first kappa shape index (κ1) is 20.4. The first-order valence-corrected chi connectivity index (χ1v) is 11.5. The van der Waals surface area contributed by atoms with Gasteiger partial charge in [-0.1, -0.05) is 29.8 Å². The fourth-order valence-corrected chi connectivity index (χ4v) is 5.26. The Morgan fingerprint density at radius 1 is 1.03 bits per heavy atom. The molecule has 1 heterocycles. The van der Waals surface area contributed by atoms with Crippen LogP contribution in [0.15, 0.2) is 71.6 Å². The molecule has 1 aliphatic heterocycles. The van der Waals surface area contributed by atoms with E-state index in [2.05, 4.69) is 5.32 Å². The van der Waals surface area contributed by atoms with Crippen LogP contribution in [0.25, 0.3) is 0 Å². The molecule has 4 rings (SSSR count). The number of hydrogen-bond acceptors (Lipinski definition) is 3. The highest BCUT2D eigenvalue weighted by Crippen LogP contribution is 2.33. The molecule has 1 aliphatic rings. The zero-order chi connectivity index (χ0) is 21.3. The maximum atomic E-state index is 13.2. The molecule has 0 aliphatic carbocycles. The topological polar surface area (TPSA) is 66.5 Å². The molecule has 5 nitrogen and oxygen atoms in total. The molecule has 154 valence electrons. The summed E-state index contributed by atoms with van der Waals surface area (Å²) in [6, 6.07) is 18.9. The predicted molar refractivity (Wildman–Crippen MR) is 120 cm³/mol. The SMILES string of the molecule is Cc1ccccc1NC(=O)c1ccc2c(c1)CCCN2S(=O)(=O)c1ccc(Cl)cc1. The summed E-state index contributed by atoms with van der Waals surface area (Å²) in [5.74, 6) is -0.218. The number of hydrogen-bond donors (Lipinski definition) is 1. The summed E-state index contributed by atoms with van der Waals surface area (Å²) in [5, 5.41) is 3.41. The number of aryl methyl sites for hydroxylation is 2. The number of fused-ring (bicyclic) bond motifs is 1. The maximum absolute atomic E-state index is 13.2. The Morgan fingerprint density at radius 2 is 1.77 bits per heavy atom. The second kappa shape index (κ2) is 8.13. The molecule has 30 heavy (non-hydrogen) atoms. The van der Waals surface area contributed by atoms with E-state index in [-0.39, 0.29) is 10.8 Å². The zero-order valence-corrected chi connectivity index (χ0v) is 18.0. The van der Waals surface area contributed by atoms with E-state index in [1.807, 2.05) is 31.2 Å². The van der Waals surface area contributed by atoms with Gasteiger partial charge in [-0.25, -0.2) is 8.42 Å². The molecule has 0 saturated heterocycles. The minimum absolute atomic E-state index is 0.195. The third-order valence-electron chi connectivity index (χ3n) is 5.21. The maximum Gasteiger partial charge on any atom is 0.264 e. The number of rotatable bonds is 4. The molecule has 0 radical (unpaired) electrons. The van der Waals surface area contributed by atoms with Crippen LogP contribution >= 0.6 is 11.6 Å². The van der Waals surface area contributed by atoms with Crippen molar-refractivity contribution in [2.75, 3.05) is 16.2 Å². The van der Waals surface area contributed by atoms with Gasteiger partial charge < -0.3 is 5.32 Å². The summed E-state index contributed by atoms with van der Waals surface area (Å²) in [7, 11) is -3.71. The summed E-state index contributed by atoms with van der Waals surface area (Å²) < 4.78 is 27.7. The monoisotopic (exact) mass is 440 g/mol. The Balaban J connectivity index is 1.63. The fraction of sp³-hybridized carbons (Fsp3) is 0.174. The lowest BCUT2D eigenvalue weighted by atomic mass is 10.0. The highest BCUT2D eigenvalue weighted by molar-refractivity contribution is 7.92. The van der Waals surface area contributed by atoms with E-state index < -0.39 is 10.0 Å². The molecule has 1 N–H and O–H groups in total. The molecular formula is C23H21ClN2O3S. The number of nitrogens with one attached hydrogen (secondary N) is 1. The number of para-hydroxylation sites is 1. The number of nitrogens with zero attached hydrogens (tertiary/aromatic N) is 1. The van der Waals surface area contributed by atoms with Gasteiger partial charge in [0.15, 0.2) is 0 Å². The van der Waals surface area contributed by atoms with Crippen molar-refractivity contribution in [3.8, 4) is 0 Å². The predicted octanol–water partition coefficient (Wildman–Crippen LogP) is 5.04. The van der Waals surface area contributed by atoms with Crippen molar-refractivity contribution in [2.45, 2.75) is 24.7 Å². The van der Waals surface area contributed by atoms with Crippen molar-refractivity contribution in [3.63, 3.8) is 0 Å². The normalized spacial score (nSPS) is 13.6. The Morgan fingerprint density at radius 3 is 2.50 bits per heavy atom. The van der Waals surface area contributed by atoms with Gasteiger partial charge in [0.05, 0.1) is 10.6 Å². The Kier molecular flexibility index (Phi) is 5.54. The van der Waals surface area contributed by atoms with Crippen LogP contribution < -0.4 is 9.62 Å². The second-order valence-electron chi connectivity index (χ2n) is 7.25. The number of halogens is 1.